The number of rotatable bonds is 4. The Balaban J connectivity index is 1.94. The molecule has 5 heteroatoms. The van der Waals surface area contributed by atoms with Crippen LogP contribution in [0.5, 0.6) is 5.88 Å². The zero-order valence-electron chi connectivity index (χ0n) is 12.8. The summed E-state index contributed by atoms with van der Waals surface area (Å²) in [5.41, 5.74) is -0.130. The summed E-state index contributed by atoms with van der Waals surface area (Å²) < 4.78 is 5.77. The van der Waals surface area contributed by atoms with Gasteiger partial charge in [0.2, 0.25) is 5.88 Å². The molecular weight excluding hydrogens is 274 g/mol. The van der Waals surface area contributed by atoms with Gasteiger partial charge in [0.1, 0.15) is 11.0 Å². The summed E-state index contributed by atoms with van der Waals surface area (Å²) in [6, 6.07) is 2.32. The Bertz CT molecular complexity index is 459. The second-order valence-corrected chi connectivity index (χ2v) is 6.90. The average Bonchev–Trinajstić information content (AvgIpc) is 2.73. The zero-order chi connectivity index (χ0) is 14.8. The van der Waals surface area contributed by atoms with Crippen molar-refractivity contribution in [1.29, 1.82) is 0 Å². The van der Waals surface area contributed by atoms with Gasteiger partial charge < -0.3 is 9.64 Å². The minimum atomic E-state index is -0.130. The van der Waals surface area contributed by atoms with Crippen LogP contribution >= 0.6 is 11.6 Å². The third kappa shape index (κ3) is 4.06. The average molecular weight is 298 g/mol. The first-order valence-electron chi connectivity index (χ1n) is 7.24. The van der Waals surface area contributed by atoms with Crippen molar-refractivity contribution in [2.45, 2.75) is 51.5 Å². The molecule has 0 saturated carbocycles. The molecule has 112 valence electrons. The summed E-state index contributed by atoms with van der Waals surface area (Å²) in [4.78, 5) is 11.1. The molecule has 1 aromatic heterocycles. The van der Waals surface area contributed by atoms with E-state index < -0.39 is 0 Å². The summed E-state index contributed by atoms with van der Waals surface area (Å²) in [5.74, 6) is 1.30. The van der Waals surface area contributed by atoms with Gasteiger partial charge in [-0.2, -0.15) is 4.98 Å². The molecule has 1 fully saturated rings. The van der Waals surface area contributed by atoms with Gasteiger partial charge >= 0.3 is 0 Å². The summed E-state index contributed by atoms with van der Waals surface area (Å²) >= 11 is 6.05. The highest BCUT2D eigenvalue weighted by atomic mass is 35.5. The standard InChI is InChI=1S/C15H24ClN3O/c1-15(2,3)14-17-12(16)10-13(18-14)20-9-7-11-6-5-8-19(11)4/h10-11H,5-9H2,1-4H3. The predicted octanol–water partition coefficient (Wildman–Crippen LogP) is 3.29. The van der Waals surface area contributed by atoms with Crippen LogP contribution in [0.15, 0.2) is 6.07 Å². The Labute approximate surface area is 126 Å². The molecule has 4 nitrogen and oxygen atoms in total. The highest BCUT2D eigenvalue weighted by Crippen LogP contribution is 2.24. The van der Waals surface area contributed by atoms with E-state index in [9.17, 15) is 0 Å². The maximum Gasteiger partial charge on any atom is 0.218 e. The third-order valence-corrected chi connectivity index (χ3v) is 3.91. The van der Waals surface area contributed by atoms with Crippen LogP contribution in [0.3, 0.4) is 0 Å². The van der Waals surface area contributed by atoms with Crippen molar-refractivity contribution in [3.63, 3.8) is 0 Å². The number of likely N-dealkylation sites (tertiary alicyclic amines) is 1. The van der Waals surface area contributed by atoms with Gasteiger partial charge in [0.05, 0.1) is 6.61 Å². The fourth-order valence-electron chi connectivity index (χ4n) is 2.45. The fourth-order valence-corrected chi connectivity index (χ4v) is 2.62. The predicted molar refractivity (Wildman–Crippen MR) is 81.5 cm³/mol. The minimum absolute atomic E-state index is 0.130. The second-order valence-electron chi connectivity index (χ2n) is 6.52. The Hall–Kier alpha value is -0.870. The van der Waals surface area contributed by atoms with Crippen molar-refractivity contribution >= 4 is 11.6 Å². The Morgan fingerprint density at radius 1 is 1.40 bits per heavy atom. The second kappa shape index (κ2) is 6.27. The molecule has 20 heavy (non-hydrogen) atoms. The Morgan fingerprint density at radius 2 is 2.15 bits per heavy atom. The topological polar surface area (TPSA) is 38.2 Å². The molecule has 0 bridgehead atoms. The van der Waals surface area contributed by atoms with Crippen LogP contribution in [-0.2, 0) is 5.41 Å². The Morgan fingerprint density at radius 3 is 2.75 bits per heavy atom. The molecule has 0 aromatic carbocycles. The van der Waals surface area contributed by atoms with Crippen molar-refractivity contribution in [1.82, 2.24) is 14.9 Å². The lowest BCUT2D eigenvalue weighted by atomic mass is 9.96. The molecule has 0 radical (unpaired) electrons. The molecule has 1 aliphatic heterocycles. The maximum absolute atomic E-state index is 6.05. The fraction of sp³-hybridized carbons (Fsp3) is 0.733. The first kappa shape index (κ1) is 15.5. The van der Waals surface area contributed by atoms with E-state index in [4.69, 9.17) is 16.3 Å². The molecule has 2 heterocycles. The number of ether oxygens (including phenoxy) is 1. The molecule has 0 amide bonds. The van der Waals surface area contributed by atoms with Gasteiger partial charge in [-0.05, 0) is 32.9 Å². The number of aromatic nitrogens is 2. The van der Waals surface area contributed by atoms with Crippen LogP contribution in [0.25, 0.3) is 0 Å². The van der Waals surface area contributed by atoms with Gasteiger partial charge in [-0.25, -0.2) is 4.98 Å². The molecule has 1 unspecified atom stereocenters. The lowest BCUT2D eigenvalue weighted by Crippen LogP contribution is -2.26. The van der Waals surface area contributed by atoms with Gasteiger partial charge in [-0.1, -0.05) is 32.4 Å². The number of nitrogens with zero attached hydrogens (tertiary/aromatic N) is 3. The first-order chi connectivity index (χ1) is 9.36. The largest absolute Gasteiger partial charge is 0.477 e. The molecule has 0 N–H and O–H groups in total. The number of hydrogen-bond acceptors (Lipinski definition) is 4. The summed E-state index contributed by atoms with van der Waals surface area (Å²) in [6.07, 6.45) is 3.58. The molecular formula is C15H24ClN3O. The van der Waals surface area contributed by atoms with E-state index >= 15 is 0 Å². The SMILES string of the molecule is CN1CCCC1CCOc1cc(Cl)nc(C(C)(C)C)n1. The van der Waals surface area contributed by atoms with E-state index in [0.717, 1.165) is 12.2 Å². The highest BCUT2D eigenvalue weighted by Gasteiger charge is 2.21. The van der Waals surface area contributed by atoms with Gasteiger partial charge in [-0.15, -0.1) is 0 Å². The van der Waals surface area contributed by atoms with E-state index in [1.165, 1.54) is 19.4 Å². The van der Waals surface area contributed by atoms with E-state index in [1.54, 1.807) is 6.07 Å². The van der Waals surface area contributed by atoms with E-state index in [2.05, 4.69) is 42.7 Å². The third-order valence-electron chi connectivity index (χ3n) is 3.71. The number of hydrogen-bond donors (Lipinski definition) is 0. The molecule has 1 aliphatic rings. The molecule has 1 atom stereocenters. The van der Waals surface area contributed by atoms with E-state index in [0.29, 0.717) is 23.7 Å². The summed E-state index contributed by atoms with van der Waals surface area (Å²) in [6.45, 7) is 8.06. The van der Waals surface area contributed by atoms with Gasteiger partial charge in [0.25, 0.3) is 0 Å². The number of halogens is 1. The normalized spacial score (nSPS) is 20.4. The van der Waals surface area contributed by atoms with Crippen LogP contribution < -0.4 is 4.74 Å². The first-order valence-corrected chi connectivity index (χ1v) is 7.62. The van der Waals surface area contributed by atoms with Crippen LogP contribution in [0.4, 0.5) is 0 Å². The lowest BCUT2D eigenvalue weighted by Gasteiger charge is -2.20. The molecule has 1 aromatic rings. The van der Waals surface area contributed by atoms with Crippen molar-refractivity contribution in [3.8, 4) is 5.88 Å². The molecule has 0 spiro atoms. The van der Waals surface area contributed by atoms with Crippen LogP contribution in [-0.4, -0.2) is 41.1 Å². The Kier molecular flexibility index (Phi) is 4.86. The van der Waals surface area contributed by atoms with Crippen molar-refractivity contribution in [2.75, 3.05) is 20.2 Å². The van der Waals surface area contributed by atoms with Gasteiger partial charge in [0.15, 0.2) is 0 Å². The lowest BCUT2D eigenvalue weighted by molar-refractivity contribution is 0.227. The smallest absolute Gasteiger partial charge is 0.218 e. The minimum Gasteiger partial charge on any atom is -0.477 e. The van der Waals surface area contributed by atoms with E-state index in [1.807, 2.05) is 0 Å². The van der Waals surface area contributed by atoms with Crippen molar-refractivity contribution in [2.24, 2.45) is 0 Å². The summed E-state index contributed by atoms with van der Waals surface area (Å²) in [7, 11) is 2.18. The van der Waals surface area contributed by atoms with Crippen molar-refractivity contribution < 1.29 is 4.74 Å². The van der Waals surface area contributed by atoms with Gasteiger partial charge in [-0.3, -0.25) is 0 Å². The highest BCUT2D eigenvalue weighted by molar-refractivity contribution is 6.29. The molecule has 0 aliphatic carbocycles. The van der Waals surface area contributed by atoms with E-state index in [-0.39, 0.29) is 5.41 Å². The monoisotopic (exact) mass is 297 g/mol. The van der Waals surface area contributed by atoms with Gasteiger partial charge in [0, 0.05) is 17.5 Å². The van der Waals surface area contributed by atoms with Crippen LogP contribution in [0.2, 0.25) is 5.15 Å². The summed E-state index contributed by atoms with van der Waals surface area (Å²) in [5, 5.41) is 0.443. The maximum atomic E-state index is 6.05. The zero-order valence-corrected chi connectivity index (χ0v) is 13.6. The molecule has 2 rings (SSSR count). The van der Waals surface area contributed by atoms with Crippen LogP contribution in [0, 0.1) is 0 Å². The molecule has 1 saturated heterocycles. The van der Waals surface area contributed by atoms with Crippen LogP contribution in [0.1, 0.15) is 45.9 Å². The quantitative estimate of drug-likeness (QED) is 0.799. The van der Waals surface area contributed by atoms with Crippen molar-refractivity contribution in [3.05, 3.63) is 17.0 Å².